The number of aryl methyl sites for hydroxylation is 1. The number of anilines is 1. The molecule has 3 aromatic rings. The summed E-state index contributed by atoms with van der Waals surface area (Å²) in [6, 6.07) is 13.8. The van der Waals surface area contributed by atoms with Crippen molar-refractivity contribution in [2.24, 2.45) is 0 Å². The normalized spacial score (nSPS) is 14.4. The van der Waals surface area contributed by atoms with Crippen LogP contribution in [0.4, 0.5) is 5.69 Å². The van der Waals surface area contributed by atoms with Gasteiger partial charge in [-0.1, -0.05) is 24.3 Å². The lowest BCUT2D eigenvalue weighted by Crippen LogP contribution is -2.49. The van der Waals surface area contributed by atoms with Gasteiger partial charge in [-0.3, -0.25) is 4.79 Å². The summed E-state index contributed by atoms with van der Waals surface area (Å²) < 4.78 is 1.53. The third-order valence-corrected chi connectivity index (χ3v) is 5.21. The van der Waals surface area contributed by atoms with Crippen molar-refractivity contribution in [3.8, 4) is 5.69 Å². The Morgan fingerprint density at radius 1 is 0.926 bits per heavy atom. The van der Waals surface area contributed by atoms with Crippen LogP contribution in [0.15, 0.2) is 48.8 Å². The maximum atomic E-state index is 13.1. The summed E-state index contributed by atoms with van der Waals surface area (Å²) in [5, 5.41) is 11.3. The molecule has 1 fully saturated rings. The minimum Gasteiger partial charge on any atom is -0.368 e. The van der Waals surface area contributed by atoms with Gasteiger partial charge in [-0.15, -0.1) is 5.10 Å². The molecule has 7 nitrogen and oxygen atoms in total. The molecule has 0 spiro atoms. The molecule has 0 saturated carbocycles. The third-order valence-electron chi connectivity index (χ3n) is 5.21. The number of hydrogen-bond acceptors (Lipinski definition) is 5. The first-order valence-electron chi connectivity index (χ1n) is 9.08. The highest BCUT2D eigenvalue weighted by atomic mass is 16.2. The lowest BCUT2D eigenvalue weighted by Gasteiger charge is -2.37. The third kappa shape index (κ3) is 3.28. The SMILES string of the molecule is Cc1cccc(N2CCN(C(=O)c3ccccc3-n3cnnn3)CC2)c1C. The highest BCUT2D eigenvalue weighted by Gasteiger charge is 2.25. The topological polar surface area (TPSA) is 67.2 Å². The maximum Gasteiger partial charge on any atom is 0.256 e. The second-order valence-electron chi connectivity index (χ2n) is 6.77. The van der Waals surface area contributed by atoms with E-state index in [-0.39, 0.29) is 5.91 Å². The first-order valence-corrected chi connectivity index (χ1v) is 9.08. The van der Waals surface area contributed by atoms with E-state index in [1.165, 1.54) is 27.8 Å². The molecule has 0 unspecified atom stereocenters. The minimum atomic E-state index is 0.0155. The smallest absolute Gasteiger partial charge is 0.256 e. The fourth-order valence-electron chi connectivity index (χ4n) is 3.52. The summed E-state index contributed by atoms with van der Waals surface area (Å²) in [4.78, 5) is 17.4. The van der Waals surface area contributed by atoms with Crippen LogP contribution in [-0.4, -0.2) is 57.2 Å². The second-order valence-corrected chi connectivity index (χ2v) is 6.77. The Hall–Kier alpha value is -3.22. The molecule has 0 N–H and O–H groups in total. The van der Waals surface area contributed by atoms with Gasteiger partial charge in [0.15, 0.2) is 0 Å². The summed E-state index contributed by atoms with van der Waals surface area (Å²) in [5.41, 5.74) is 5.17. The lowest BCUT2D eigenvalue weighted by molar-refractivity contribution is 0.0746. The molecule has 2 heterocycles. The molecule has 0 aliphatic carbocycles. The summed E-state index contributed by atoms with van der Waals surface area (Å²) in [6.45, 7) is 7.32. The Morgan fingerprint density at radius 3 is 2.41 bits per heavy atom. The molecule has 0 radical (unpaired) electrons. The quantitative estimate of drug-likeness (QED) is 0.715. The number of benzene rings is 2. The van der Waals surface area contributed by atoms with Crippen LogP contribution >= 0.6 is 0 Å². The molecule has 1 aliphatic heterocycles. The second kappa shape index (κ2) is 7.19. The molecule has 1 saturated heterocycles. The van der Waals surface area contributed by atoms with Crippen molar-refractivity contribution >= 4 is 11.6 Å². The van der Waals surface area contributed by atoms with Gasteiger partial charge < -0.3 is 9.80 Å². The van der Waals surface area contributed by atoms with Crippen LogP contribution in [0.3, 0.4) is 0 Å². The molecular formula is C20H22N6O. The van der Waals surface area contributed by atoms with Crippen molar-refractivity contribution in [2.75, 3.05) is 31.1 Å². The number of rotatable bonds is 3. The van der Waals surface area contributed by atoms with Gasteiger partial charge in [0, 0.05) is 31.9 Å². The number of nitrogens with zero attached hydrogens (tertiary/aromatic N) is 6. The van der Waals surface area contributed by atoms with Gasteiger partial charge in [-0.05, 0) is 53.6 Å². The fourth-order valence-corrected chi connectivity index (χ4v) is 3.52. The van der Waals surface area contributed by atoms with Crippen LogP contribution in [0.25, 0.3) is 5.69 Å². The molecular weight excluding hydrogens is 340 g/mol. The predicted molar refractivity (Wildman–Crippen MR) is 103 cm³/mol. The zero-order chi connectivity index (χ0) is 18.8. The Morgan fingerprint density at radius 2 is 1.67 bits per heavy atom. The predicted octanol–water partition coefficient (Wildman–Crippen LogP) is 2.24. The number of carbonyl (C=O) groups excluding carboxylic acids is 1. The van der Waals surface area contributed by atoms with Gasteiger partial charge in [-0.25, -0.2) is 0 Å². The summed E-state index contributed by atoms with van der Waals surface area (Å²) in [5.74, 6) is 0.0155. The van der Waals surface area contributed by atoms with Crippen molar-refractivity contribution in [2.45, 2.75) is 13.8 Å². The zero-order valence-corrected chi connectivity index (χ0v) is 15.5. The average molecular weight is 362 g/mol. The number of hydrogen-bond donors (Lipinski definition) is 0. The highest BCUT2D eigenvalue weighted by Crippen LogP contribution is 2.24. The number of aromatic nitrogens is 4. The van der Waals surface area contributed by atoms with Gasteiger partial charge in [0.25, 0.3) is 5.91 Å². The van der Waals surface area contributed by atoms with Gasteiger partial charge in [-0.2, -0.15) is 4.68 Å². The standard InChI is InChI=1S/C20H22N6O/c1-15-6-5-9-18(16(15)2)24-10-12-25(13-11-24)20(27)17-7-3-4-8-19(17)26-14-21-22-23-26/h3-9,14H,10-13H2,1-2H3. The van der Waals surface area contributed by atoms with Gasteiger partial charge in [0.05, 0.1) is 11.3 Å². The van der Waals surface area contributed by atoms with Crippen LogP contribution < -0.4 is 4.90 Å². The monoisotopic (exact) mass is 362 g/mol. The van der Waals surface area contributed by atoms with Crippen LogP contribution in [0.5, 0.6) is 0 Å². The fraction of sp³-hybridized carbons (Fsp3) is 0.300. The molecule has 0 bridgehead atoms. The van der Waals surface area contributed by atoms with E-state index in [0.29, 0.717) is 24.3 Å². The van der Waals surface area contributed by atoms with Crippen molar-refractivity contribution in [1.82, 2.24) is 25.1 Å². The number of amides is 1. The number of carbonyl (C=O) groups is 1. The Kier molecular flexibility index (Phi) is 4.58. The van der Waals surface area contributed by atoms with Crippen molar-refractivity contribution < 1.29 is 4.79 Å². The number of tetrazole rings is 1. The molecule has 4 rings (SSSR count). The highest BCUT2D eigenvalue weighted by molar-refractivity contribution is 5.97. The first kappa shape index (κ1) is 17.2. The Balaban J connectivity index is 1.51. The molecule has 2 aromatic carbocycles. The van der Waals surface area contributed by atoms with E-state index in [1.54, 1.807) is 0 Å². The van der Waals surface area contributed by atoms with Gasteiger partial charge >= 0.3 is 0 Å². The summed E-state index contributed by atoms with van der Waals surface area (Å²) >= 11 is 0. The molecule has 7 heteroatoms. The molecule has 138 valence electrons. The molecule has 1 aromatic heterocycles. The van der Waals surface area contributed by atoms with E-state index < -0.39 is 0 Å². The largest absolute Gasteiger partial charge is 0.368 e. The lowest BCUT2D eigenvalue weighted by atomic mass is 10.1. The van der Waals surface area contributed by atoms with E-state index in [2.05, 4.69) is 52.5 Å². The van der Waals surface area contributed by atoms with Crippen LogP contribution in [-0.2, 0) is 0 Å². The van der Waals surface area contributed by atoms with E-state index in [0.717, 1.165) is 13.1 Å². The maximum absolute atomic E-state index is 13.1. The van der Waals surface area contributed by atoms with Crippen LogP contribution in [0, 0.1) is 13.8 Å². The van der Waals surface area contributed by atoms with Gasteiger partial charge in [0.1, 0.15) is 6.33 Å². The van der Waals surface area contributed by atoms with E-state index in [4.69, 9.17) is 0 Å². The van der Waals surface area contributed by atoms with E-state index >= 15 is 0 Å². The van der Waals surface area contributed by atoms with Gasteiger partial charge in [0.2, 0.25) is 0 Å². The van der Waals surface area contributed by atoms with Crippen molar-refractivity contribution in [3.63, 3.8) is 0 Å². The number of piperazine rings is 1. The minimum absolute atomic E-state index is 0.0155. The number of para-hydroxylation sites is 1. The summed E-state index contributed by atoms with van der Waals surface area (Å²) in [6.07, 6.45) is 1.50. The van der Waals surface area contributed by atoms with Crippen molar-refractivity contribution in [3.05, 3.63) is 65.5 Å². The summed E-state index contributed by atoms with van der Waals surface area (Å²) in [7, 11) is 0. The van der Waals surface area contributed by atoms with Crippen LogP contribution in [0.1, 0.15) is 21.5 Å². The Bertz CT molecular complexity index is 945. The Labute approximate surface area is 158 Å². The molecule has 0 atom stereocenters. The van der Waals surface area contributed by atoms with E-state index in [9.17, 15) is 4.79 Å². The molecule has 1 amide bonds. The van der Waals surface area contributed by atoms with Crippen LogP contribution in [0.2, 0.25) is 0 Å². The zero-order valence-electron chi connectivity index (χ0n) is 15.5. The van der Waals surface area contributed by atoms with Crippen molar-refractivity contribution in [1.29, 1.82) is 0 Å². The molecule has 27 heavy (non-hydrogen) atoms. The first-order chi connectivity index (χ1) is 13.1. The average Bonchev–Trinajstić information content (AvgIpc) is 3.24. The molecule has 1 aliphatic rings. The van der Waals surface area contributed by atoms with E-state index in [1.807, 2.05) is 29.2 Å².